The number of benzene rings is 2. The van der Waals surface area contributed by atoms with E-state index in [-0.39, 0.29) is 10.6 Å². The Morgan fingerprint density at radius 1 is 1.09 bits per heavy atom. The van der Waals surface area contributed by atoms with E-state index in [1.165, 1.54) is 18.2 Å². The molecule has 0 bridgehead atoms. The van der Waals surface area contributed by atoms with Crippen molar-refractivity contribution in [2.45, 2.75) is 18.7 Å². The Balaban J connectivity index is 2.40. The SMILES string of the molecule is Cc1ccc(NS(=O)(=O)c2ccc(C)c([N+](=O)[O-])c2)cc1Cl. The van der Waals surface area contributed by atoms with Gasteiger partial charge in [0.1, 0.15) is 0 Å². The van der Waals surface area contributed by atoms with Gasteiger partial charge in [-0.2, -0.15) is 0 Å². The van der Waals surface area contributed by atoms with Crippen molar-refractivity contribution < 1.29 is 13.3 Å². The summed E-state index contributed by atoms with van der Waals surface area (Å²) in [7, 11) is -3.93. The van der Waals surface area contributed by atoms with E-state index in [0.29, 0.717) is 16.3 Å². The van der Waals surface area contributed by atoms with E-state index in [1.54, 1.807) is 26.0 Å². The molecular weight excluding hydrogens is 328 g/mol. The molecule has 8 heteroatoms. The van der Waals surface area contributed by atoms with E-state index < -0.39 is 14.9 Å². The molecule has 0 aliphatic rings. The maximum atomic E-state index is 12.3. The van der Waals surface area contributed by atoms with Crippen molar-refractivity contribution >= 4 is 33.0 Å². The molecule has 6 nitrogen and oxygen atoms in total. The molecule has 0 saturated carbocycles. The Hall–Kier alpha value is -2.12. The monoisotopic (exact) mass is 340 g/mol. The van der Waals surface area contributed by atoms with Crippen LogP contribution in [0.15, 0.2) is 41.3 Å². The first-order chi connectivity index (χ1) is 10.2. The third kappa shape index (κ3) is 3.37. The van der Waals surface area contributed by atoms with Gasteiger partial charge in [0.2, 0.25) is 0 Å². The maximum Gasteiger partial charge on any atom is 0.273 e. The third-order valence-corrected chi connectivity index (χ3v) is 4.90. The molecule has 0 aliphatic heterocycles. The molecular formula is C14H13ClN2O4S. The molecule has 1 N–H and O–H groups in total. The average Bonchev–Trinajstić information content (AvgIpc) is 2.42. The van der Waals surface area contributed by atoms with Gasteiger partial charge in [0.25, 0.3) is 15.7 Å². The van der Waals surface area contributed by atoms with Gasteiger partial charge in [0.05, 0.1) is 15.5 Å². The van der Waals surface area contributed by atoms with Crippen LogP contribution >= 0.6 is 11.6 Å². The summed E-state index contributed by atoms with van der Waals surface area (Å²) in [5, 5.41) is 11.3. The quantitative estimate of drug-likeness (QED) is 0.679. The topological polar surface area (TPSA) is 89.3 Å². The van der Waals surface area contributed by atoms with Crippen LogP contribution in [0.4, 0.5) is 11.4 Å². The molecule has 0 heterocycles. The van der Waals surface area contributed by atoms with Gasteiger partial charge in [-0.3, -0.25) is 14.8 Å². The van der Waals surface area contributed by atoms with E-state index in [1.807, 2.05) is 0 Å². The number of nitro groups is 1. The molecule has 22 heavy (non-hydrogen) atoms. The van der Waals surface area contributed by atoms with Crippen LogP contribution in [0.2, 0.25) is 5.02 Å². The smallest absolute Gasteiger partial charge is 0.273 e. The summed E-state index contributed by atoms with van der Waals surface area (Å²) in [4.78, 5) is 10.1. The van der Waals surface area contributed by atoms with E-state index in [2.05, 4.69) is 4.72 Å². The molecule has 0 atom stereocenters. The molecule has 0 aromatic heterocycles. The predicted molar refractivity (Wildman–Crippen MR) is 84.8 cm³/mol. The number of sulfonamides is 1. The highest BCUT2D eigenvalue weighted by atomic mass is 35.5. The number of halogens is 1. The molecule has 2 aromatic carbocycles. The fourth-order valence-corrected chi connectivity index (χ4v) is 3.07. The Morgan fingerprint density at radius 3 is 2.32 bits per heavy atom. The highest BCUT2D eigenvalue weighted by Gasteiger charge is 2.20. The summed E-state index contributed by atoms with van der Waals surface area (Å²) in [5.41, 5.74) is 1.25. The van der Waals surface area contributed by atoms with Crippen LogP contribution in [0.1, 0.15) is 11.1 Å². The summed E-state index contributed by atoms with van der Waals surface area (Å²) >= 11 is 5.95. The van der Waals surface area contributed by atoms with Crippen LogP contribution in [0.5, 0.6) is 0 Å². The van der Waals surface area contributed by atoms with Gasteiger partial charge in [-0.05, 0) is 37.6 Å². The van der Waals surface area contributed by atoms with Crippen molar-refractivity contribution in [2.75, 3.05) is 4.72 Å². The number of aryl methyl sites for hydroxylation is 2. The van der Waals surface area contributed by atoms with Crippen molar-refractivity contribution in [3.8, 4) is 0 Å². The number of nitro benzene ring substituents is 1. The minimum Gasteiger partial charge on any atom is -0.280 e. The highest BCUT2D eigenvalue weighted by Crippen LogP contribution is 2.25. The summed E-state index contributed by atoms with van der Waals surface area (Å²) in [5.74, 6) is 0. The van der Waals surface area contributed by atoms with Gasteiger partial charge in [-0.25, -0.2) is 8.42 Å². The second-order valence-electron chi connectivity index (χ2n) is 4.77. The van der Waals surface area contributed by atoms with Gasteiger partial charge >= 0.3 is 0 Å². The lowest BCUT2D eigenvalue weighted by atomic mass is 10.2. The first-order valence-corrected chi connectivity index (χ1v) is 8.11. The maximum absolute atomic E-state index is 12.3. The number of hydrogen-bond donors (Lipinski definition) is 1. The first kappa shape index (κ1) is 16.3. The molecule has 0 unspecified atom stereocenters. The minimum absolute atomic E-state index is 0.179. The van der Waals surface area contributed by atoms with Crippen LogP contribution in [-0.2, 0) is 10.0 Å². The van der Waals surface area contributed by atoms with Crippen molar-refractivity contribution in [3.63, 3.8) is 0 Å². The Kier molecular flexibility index (Phi) is 4.39. The van der Waals surface area contributed by atoms with Gasteiger partial charge < -0.3 is 0 Å². The molecule has 0 spiro atoms. The largest absolute Gasteiger partial charge is 0.280 e. The van der Waals surface area contributed by atoms with E-state index >= 15 is 0 Å². The number of nitrogens with zero attached hydrogens (tertiary/aromatic N) is 1. The normalized spacial score (nSPS) is 11.2. The predicted octanol–water partition coefficient (Wildman–Crippen LogP) is 3.67. The molecule has 0 saturated heterocycles. The Bertz CT molecular complexity index is 850. The lowest BCUT2D eigenvalue weighted by Crippen LogP contribution is -2.13. The van der Waals surface area contributed by atoms with Gasteiger partial charge in [0.15, 0.2) is 0 Å². The molecule has 0 fully saturated rings. The molecule has 0 amide bonds. The zero-order valence-electron chi connectivity index (χ0n) is 11.8. The van der Waals surface area contributed by atoms with E-state index in [0.717, 1.165) is 11.6 Å². The van der Waals surface area contributed by atoms with Gasteiger partial charge in [0, 0.05) is 16.7 Å². The fourth-order valence-electron chi connectivity index (χ4n) is 1.82. The minimum atomic E-state index is -3.93. The van der Waals surface area contributed by atoms with Crippen LogP contribution in [-0.4, -0.2) is 13.3 Å². The van der Waals surface area contributed by atoms with Gasteiger partial charge in [-0.15, -0.1) is 0 Å². The van der Waals surface area contributed by atoms with E-state index in [4.69, 9.17) is 11.6 Å². The summed E-state index contributed by atoms with van der Waals surface area (Å²) < 4.78 is 27.0. The third-order valence-electron chi connectivity index (χ3n) is 3.11. The molecule has 2 aromatic rings. The highest BCUT2D eigenvalue weighted by molar-refractivity contribution is 7.92. The standard InChI is InChI=1S/C14H13ClN2O4S/c1-9-3-5-11(7-13(9)15)16-22(20,21)12-6-4-10(2)14(8-12)17(18)19/h3-8,16H,1-2H3. The van der Waals surface area contributed by atoms with Crippen LogP contribution in [0, 0.1) is 24.0 Å². The molecule has 116 valence electrons. The number of hydrogen-bond acceptors (Lipinski definition) is 4. The fraction of sp³-hybridized carbons (Fsp3) is 0.143. The molecule has 0 radical (unpaired) electrons. The lowest BCUT2D eigenvalue weighted by molar-refractivity contribution is -0.385. The molecule has 2 rings (SSSR count). The second kappa shape index (κ2) is 5.94. The average molecular weight is 341 g/mol. The zero-order valence-corrected chi connectivity index (χ0v) is 13.4. The van der Waals surface area contributed by atoms with Crippen LogP contribution in [0.25, 0.3) is 0 Å². The number of nitrogens with one attached hydrogen (secondary N) is 1. The molecule has 0 aliphatic carbocycles. The summed E-state index contributed by atoms with van der Waals surface area (Å²) in [6.45, 7) is 3.34. The Morgan fingerprint density at radius 2 is 1.73 bits per heavy atom. The number of anilines is 1. The van der Waals surface area contributed by atoms with Crippen molar-refractivity contribution in [2.24, 2.45) is 0 Å². The van der Waals surface area contributed by atoms with Crippen molar-refractivity contribution in [3.05, 3.63) is 62.7 Å². The lowest BCUT2D eigenvalue weighted by Gasteiger charge is -2.09. The van der Waals surface area contributed by atoms with E-state index in [9.17, 15) is 18.5 Å². The van der Waals surface area contributed by atoms with Gasteiger partial charge in [-0.1, -0.05) is 23.7 Å². The summed E-state index contributed by atoms with van der Waals surface area (Å²) in [6, 6.07) is 8.49. The van der Waals surface area contributed by atoms with Crippen LogP contribution < -0.4 is 4.72 Å². The summed E-state index contributed by atoms with van der Waals surface area (Å²) in [6.07, 6.45) is 0. The zero-order chi connectivity index (χ0) is 16.5. The Labute approximate surface area is 132 Å². The van der Waals surface area contributed by atoms with Crippen LogP contribution in [0.3, 0.4) is 0 Å². The second-order valence-corrected chi connectivity index (χ2v) is 6.86. The number of rotatable bonds is 4. The van der Waals surface area contributed by atoms with Crippen molar-refractivity contribution in [1.82, 2.24) is 0 Å². The first-order valence-electron chi connectivity index (χ1n) is 6.25. The van der Waals surface area contributed by atoms with Crippen molar-refractivity contribution in [1.29, 1.82) is 0 Å².